The number of nitrogens with one attached hydrogen (secondary N) is 2. The van der Waals surface area contributed by atoms with Crippen molar-refractivity contribution >= 4 is 34.2 Å². The van der Waals surface area contributed by atoms with Crippen molar-refractivity contribution in [2.24, 2.45) is 0 Å². The minimum Gasteiger partial charge on any atom is -0.385 e. The lowest BCUT2D eigenvalue weighted by Crippen LogP contribution is -2.43. The first-order valence-electron chi connectivity index (χ1n) is 9.31. The van der Waals surface area contributed by atoms with E-state index in [2.05, 4.69) is 15.2 Å². The maximum Gasteiger partial charge on any atom is 0.255 e. The number of nitrogens with zero attached hydrogens (tertiary/aromatic N) is 2. The van der Waals surface area contributed by atoms with E-state index in [9.17, 15) is 9.59 Å². The van der Waals surface area contributed by atoms with E-state index in [1.807, 2.05) is 18.2 Å². The molecule has 2 amide bonds. The van der Waals surface area contributed by atoms with Crippen LogP contribution in [0.25, 0.3) is 10.9 Å². The molecule has 1 saturated carbocycles. The van der Waals surface area contributed by atoms with Gasteiger partial charge in [0.15, 0.2) is 0 Å². The Kier molecular flexibility index (Phi) is 4.75. The summed E-state index contributed by atoms with van der Waals surface area (Å²) in [6.07, 6.45) is 2.04. The molecule has 8 nitrogen and oxygen atoms in total. The number of aromatic amines is 1. The Hall–Kier alpha value is -2.58. The second kappa shape index (κ2) is 7.21. The topological polar surface area (TPSA) is 104 Å². The number of nitrogen functional groups attached to an aromatic ring is 1. The third kappa shape index (κ3) is 3.77. The molecule has 1 aliphatic heterocycles. The molecule has 0 bridgehead atoms. The molecule has 1 aliphatic carbocycles. The molecule has 0 spiro atoms. The van der Waals surface area contributed by atoms with Crippen molar-refractivity contribution in [3.63, 3.8) is 0 Å². The standard InChI is InChI=1S/C19H25N5O3/c1-23(16(25)11-24-6-8-27-9-7-24)13-4-5-14-15(10-13)22-18(20)17(14)19(26)21-12-2-3-12/h4-5,10,12,22H,2-3,6-9,11,20H2,1H3,(H,21,26). The number of amides is 2. The molecule has 2 fully saturated rings. The molecule has 27 heavy (non-hydrogen) atoms. The number of H-pyrrole nitrogens is 1. The van der Waals surface area contributed by atoms with E-state index in [-0.39, 0.29) is 17.9 Å². The summed E-state index contributed by atoms with van der Waals surface area (Å²) in [5.41, 5.74) is 8.03. The van der Waals surface area contributed by atoms with Gasteiger partial charge in [-0.05, 0) is 31.0 Å². The molecule has 2 heterocycles. The zero-order chi connectivity index (χ0) is 19.0. The molecule has 0 unspecified atom stereocenters. The van der Waals surface area contributed by atoms with Crippen LogP contribution in [-0.2, 0) is 9.53 Å². The van der Waals surface area contributed by atoms with E-state index in [4.69, 9.17) is 10.5 Å². The molecule has 0 radical (unpaired) electrons. The molecule has 8 heteroatoms. The van der Waals surface area contributed by atoms with Crippen molar-refractivity contribution in [2.45, 2.75) is 18.9 Å². The van der Waals surface area contributed by atoms with Crippen LogP contribution < -0.4 is 16.0 Å². The SMILES string of the molecule is CN(C(=O)CN1CCOCC1)c1ccc2c(C(=O)NC3CC3)c(N)[nH]c2c1. The number of hydrogen-bond acceptors (Lipinski definition) is 5. The van der Waals surface area contributed by atoms with Crippen LogP contribution in [0.1, 0.15) is 23.2 Å². The second-order valence-electron chi connectivity index (χ2n) is 7.23. The van der Waals surface area contributed by atoms with E-state index >= 15 is 0 Å². The number of carbonyl (C=O) groups is 2. The Morgan fingerprint density at radius 2 is 2.07 bits per heavy atom. The Balaban J connectivity index is 1.52. The summed E-state index contributed by atoms with van der Waals surface area (Å²) >= 11 is 0. The highest BCUT2D eigenvalue weighted by atomic mass is 16.5. The minimum atomic E-state index is -0.147. The monoisotopic (exact) mass is 371 g/mol. The fourth-order valence-corrected chi connectivity index (χ4v) is 3.35. The minimum absolute atomic E-state index is 0.0162. The van der Waals surface area contributed by atoms with Crippen molar-refractivity contribution in [2.75, 3.05) is 50.5 Å². The van der Waals surface area contributed by atoms with E-state index in [1.54, 1.807) is 11.9 Å². The molecule has 2 aliphatic rings. The van der Waals surface area contributed by atoms with Gasteiger partial charge < -0.3 is 25.7 Å². The van der Waals surface area contributed by atoms with Gasteiger partial charge in [0, 0.05) is 42.8 Å². The van der Waals surface area contributed by atoms with Gasteiger partial charge in [0.25, 0.3) is 5.91 Å². The summed E-state index contributed by atoms with van der Waals surface area (Å²) in [6.45, 7) is 3.23. The van der Waals surface area contributed by atoms with Gasteiger partial charge in [-0.2, -0.15) is 0 Å². The van der Waals surface area contributed by atoms with E-state index in [0.29, 0.717) is 31.1 Å². The van der Waals surface area contributed by atoms with Gasteiger partial charge in [-0.3, -0.25) is 14.5 Å². The van der Waals surface area contributed by atoms with Crippen LogP contribution in [0.4, 0.5) is 11.5 Å². The number of ether oxygens (including phenoxy) is 1. The average molecular weight is 371 g/mol. The predicted molar refractivity (Wildman–Crippen MR) is 104 cm³/mol. The van der Waals surface area contributed by atoms with Crippen LogP contribution in [0.5, 0.6) is 0 Å². The smallest absolute Gasteiger partial charge is 0.255 e. The summed E-state index contributed by atoms with van der Waals surface area (Å²) in [5, 5.41) is 3.74. The van der Waals surface area contributed by atoms with Gasteiger partial charge >= 0.3 is 0 Å². The zero-order valence-electron chi connectivity index (χ0n) is 15.5. The lowest BCUT2D eigenvalue weighted by molar-refractivity contribution is -0.120. The molecular weight excluding hydrogens is 346 g/mol. The Bertz CT molecular complexity index is 868. The lowest BCUT2D eigenvalue weighted by atomic mass is 10.1. The van der Waals surface area contributed by atoms with Crippen molar-refractivity contribution in [1.29, 1.82) is 0 Å². The van der Waals surface area contributed by atoms with Gasteiger partial charge in [0.2, 0.25) is 5.91 Å². The molecule has 2 aromatic rings. The quantitative estimate of drug-likeness (QED) is 0.726. The molecule has 4 N–H and O–H groups in total. The van der Waals surface area contributed by atoms with E-state index in [0.717, 1.165) is 42.5 Å². The first-order valence-corrected chi connectivity index (χ1v) is 9.31. The third-order valence-corrected chi connectivity index (χ3v) is 5.17. The normalized spacial score (nSPS) is 17.8. The number of anilines is 2. The van der Waals surface area contributed by atoms with Gasteiger partial charge in [0.05, 0.1) is 25.3 Å². The number of fused-ring (bicyclic) bond motifs is 1. The zero-order valence-corrected chi connectivity index (χ0v) is 15.5. The Morgan fingerprint density at radius 1 is 1.33 bits per heavy atom. The summed E-state index contributed by atoms with van der Waals surface area (Å²) in [4.78, 5) is 31.8. The summed E-state index contributed by atoms with van der Waals surface area (Å²) in [6, 6.07) is 5.82. The van der Waals surface area contributed by atoms with Crippen molar-refractivity contribution in [3.8, 4) is 0 Å². The van der Waals surface area contributed by atoms with Crippen LogP contribution in [0.15, 0.2) is 18.2 Å². The first-order chi connectivity index (χ1) is 13.0. The molecule has 4 rings (SSSR count). The van der Waals surface area contributed by atoms with Crippen LogP contribution in [-0.4, -0.2) is 67.6 Å². The highest BCUT2D eigenvalue weighted by Gasteiger charge is 2.26. The highest BCUT2D eigenvalue weighted by molar-refractivity contribution is 6.12. The number of aromatic nitrogens is 1. The van der Waals surface area contributed by atoms with Gasteiger partial charge in [-0.15, -0.1) is 0 Å². The van der Waals surface area contributed by atoms with Crippen molar-refractivity contribution < 1.29 is 14.3 Å². The number of rotatable bonds is 5. The number of morpholine rings is 1. The van der Waals surface area contributed by atoms with Crippen molar-refractivity contribution in [1.82, 2.24) is 15.2 Å². The maximum atomic E-state index is 12.6. The number of likely N-dealkylation sites (N-methyl/N-ethyl adjacent to an activating group) is 1. The Morgan fingerprint density at radius 3 is 2.78 bits per heavy atom. The van der Waals surface area contributed by atoms with Gasteiger partial charge in [-0.25, -0.2) is 0 Å². The molecular formula is C19H25N5O3. The fraction of sp³-hybridized carbons (Fsp3) is 0.474. The maximum absolute atomic E-state index is 12.6. The largest absolute Gasteiger partial charge is 0.385 e. The molecule has 0 atom stereocenters. The third-order valence-electron chi connectivity index (χ3n) is 5.17. The predicted octanol–water partition coefficient (Wildman–Crippen LogP) is 0.937. The Labute approximate surface area is 157 Å². The fourth-order valence-electron chi connectivity index (χ4n) is 3.35. The lowest BCUT2D eigenvalue weighted by Gasteiger charge is -2.28. The molecule has 1 aromatic heterocycles. The van der Waals surface area contributed by atoms with Gasteiger partial charge in [-0.1, -0.05) is 0 Å². The highest BCUT2D eigenvalue weighted by Crippen LogP contribution is 2.29. The van der Waals surface area contributed by atoms with E-state index in [1.165, 1.54) is 0 Å². The molecule has 1 saturated heterocycles. The summed E-state index contributed by atoms with van der Waals surface area (Å²) < 4.78 is 5.32. The number of hydrogen-bond donors (Lipinski definition) is 3. The van der Waals surface area contributed by atoms with Crippen LogP contribution in [0.3, 0.4) is 0 Å². The average Bonchev–Trinajstić information content (AvgIpc) is 3.40. The summed E-state index contributed by atoms with van der Waals surface area (Å²) in [5.74, 6) is 0.218. The first kappa shape index (κ1) is 17.8. The molecule has 144 valence electrons. The van der Waals surface area contributed by atoms with Crippen molar-refractivity contribution in [3.05, 3.63) is 23.8 Å². The molecule has 1 aromatic carbocycles. The second-order valence-corrected chi connectivity index (χ2v) is 7.23. The van der Waals surface area contributed by atoms with Crippen LogP contribution in [0, 0.1) is 0 Å². The van der Waals surface area contributed by atoms with Crippen LogP contribution in [0.2, 0.25) is 0 Å². The summed E-state index contributed by atoms with van der Waals surface area (Å²) in [7, 11) is 1.76. The number of benzene rings is 1. The van der Waals surface area contributed by atoms with Gasteiger partial charge in [0.1, 0.15) is 5.82 Å². The van der Waals surface area contributed by atoms with E-state index < -0.39 is 0 Å². The number of nitrogens with two attached hydrogens (primary N) is 1. The van der Waals surface area contributed by atoms with Crippen LogP contribution >= 0.6 is 0 Å². The number of carbonyl (C=O) groups excluding carboxylic acids is 2.